The van der Waals surface area contributed by atoms with Crippen LogP contribution in [-0.4, -0.2) is 23.0 Å². The van der Waals surface area contributed by atoms with Gasteiger partial charge in [-0.2, -0.15) is 0 Å². The predicted molar refractivity (Wildman–Crippen MR) is 70.5 cm³/mol. The van der Waals surface area contributed by atoms with Crippen LogP contribution >= 0.6 is 11.3 Å². The summed E-state index contributed by atoms with van der Waals surface area (Å²) in [5.41, 5.74) is 6.93. The second-order valence-corrected chi connectivity index (χ2v) is 5.76. The van der Waals surface area contributed by atoms with Crippen LogP contribution in [0.4, 0.5) is 0 Å². The lowest BCUT2D eigenvalue weighted by atomic mass is 10.1. The molecule has 1 aromatic rings. The first-order valence-electron chi connectivity index (χ1n) is 5.82. The molecule has 0 bridgehead atoms. The lowest BCUT2D eigenvalue weighted by Crippen LogP contribution is -2.32. The van der Waals surface area contributed by atoms with Gasteiger partial charge in [0.15, 0.2) is 0 Å². The third-order valence-electron chi connectivity index (χ3n) is 3.03. The summed E-state index contributed by atoms with van der Waals surface area (Å²) in [6, 6.07) is 0.618. The third kappa shape index (κ3) is 3.54. The van der Waals surface area contributed by atoms with Crippen LogP contribution in [0.5, 0.6) is 0 Å². The highest BCUT2D eigenvalue weighted by molar-refractivity contribution is 7.09. The van der Waals surface area contributed by atoms with Gasteiger partial charge in [-0.05, 0) is 26.8 Å². The number of nitrogens with two attached hydrogens (primary N) is 1. The van der Waals surface area contributed by atoms with Gasteiger partial charge in [0, 0.05) is 18.0 Å². The van der Waals surface area contributed by atoms with Gasteiger partial charge in [0.1, 0.15) is 5.01 Å². The van der Waals surface area contributed by atoms with Crippen molar-refractivity contribution in [3.05, 3.63) is 16.1 Å². The summed E-state index contributed by atoms with van der Waals surface area (Å²) < 4.78 is 0. The molecule has 1 aromatic heterocycles. The monoisotopic (exact) mass is 241 g/mol. The molecule has 2 N–H and O–H groups in total. The molecule has 0 fully saturated rings. The van der Waals surface area contributed by atoms with Crippen molar-refractivity contribution in [2.75, 3.05) is 7.05 Å². The normalized spacial score (nSPS) is 15.8. The average Bonchev–Trinajstić information content (AvgIpc) is 2.64. The van der Waals surface area contributed by atoms with Crippen LogP contribution in [-0.2, 0) is 6.54 Å². The van der Waals surface area contributed by atoms with Gasteiger partial charge in [0.25, 0.3) is 0 Å². The molecular formula is C12H23N3S. The molecule has 0 aliphatic rings. The molecule has 4 heteroatoms. The van der Waals surface area contributed by atoms with Crippen molar-refractivity contribution in [1.82, 2.24) is 9.88 Å². The fourth-order valence-corrected chi connectivity index (χ4v) is 2.28. The molecule has 0 aliphatic carbocycles. The zero-order valence-electron chi connectivity index (χ0n) is 10.9. The maximum Gasteiger partial charge on any atom is 0.109 e. The fourth-order valence-electron chi connectivity index (χ4n) is 1.51. The van der Waals surface area contributed by atoms with E-state index in [1.807, 2.05) is 6.92 Å². The molecule has 3 nitrogen and oxygen atoms in total. The van der Waals surface area contributed by atoms with E-state index in [9.17, 15) is 0 Å². The number of thiazole rings is 1. The maximum atomic E-state index is 5.80. The van der Waals surface area contributed by atoms with E-state index >= 15 is 0 Å². The Balaban J connectivity index is 2.59. The standard InChI is InChI=1S/C12H23N3S/c1-8(2)10(4)15(5)6-11-7-16-12(14-11)9(3)13/h7-10H,6,13H2,1-5H3. The minimum absolute atomic E-state index is 0.0478. The molecule has 16 heavy (non-hydrogen) atoms. The quantitative estimate of drug-likeness (QED) is 0.861. The van der Waals surface area contributed by atoms with Gasteiger partial charge in [-0.1, -0.05) is 13.8 Å². The van der Waals surface area contributed by atoms with Crippen LogP contribution in [0.3, 0.4) is 0 Å². The van der Waals surface area contributed by atoms with Gasteiger partial charge >= 0.3 is 0 Å². The number of hydrogen-bond donors (Lipinski definition) is 1. The van der Waals surface area contributed by atoms with Crippen molar-refractivity contribution in [3.8, 4) is 0 Å². The molecule has 1 heterocycles. The highest BCUT2D eigenvalue weighted by Crippen LogP contribution is 2.18. The van der Waals surface area contributed by atoms with E-state index in [1.54, 1.807) is 11.3 Å². The average molecular weight is 241 g/mol. The Kier molecular flexibility index (Phi) is 4.89. The minimum Gasteiger partial charge on any atom is -0.322 e. The zero-order chi connectivity index (χ0) is 12.3. The van der Waals surface area contributed by atoms with Crippen LogP contribution in [0.25, 0.3) is 0 Å². The lowest BCUT2D eigenvalue weighted by molar-refractivity contribution is 0.198. The molecule has 0 radical (unpaired) electrons. The fraction of sp³-hybridized carbons (Fsp3) is 0.750. The number of rotatable bonds is 5. The van der Waals surface area contributed by atoms with Crippen LogP contribution < -0.4 is 5.73 Å². The predicted octanol–water partition coefficient (Wildman–Crippen LogP) is 2.64. The largest absolute Gasteiger partial charge is 0.322 e. The van der Waals surface area contributed by atoms with E-state index < -0.39 is 0 Å². The number of nitrogens with zero attached hydrogens (tertiary/aromatic N) is 2. The van der Waals surface area contributed by atoms with E-state index in [2.05, 4.69) is 43.1 Å². The van der Waals surface area contributed by atoms with Gasteiger partial charge in [-0.15, -0.1) is 11.3 Å². The zero-order valence-corrected chi connectivity index (χ0v) is 11.7. The molecule has 92 valence electrons. The highest BCUT2D eigenvalue weighted by Gasteiger charge is 2.15. The molecule has 2 unspecified atom stereocenters. The van der Waals surface area contributed by atoms with Crippen LogP contribution in [0.1, 0.15) is 44.4 Å². The molecule has 0 aromatic carbocycles. The Hall–Kier alpha value is -0.450. The number of aromatic nitrogens is 1. The van der Waals surface area contributed by atoms with Crippen LogP contribution in [0.2, 0.25) is 0 Å². The first kappa shape index (κ1) is 13.6. The Bertz CT molecular complexity index is 320. The van der Waals surface area contributed by atoms with Crippen molar-refractivity contribution >= 4 is 11.3 Å². The smallest absolute Gasteiger partial charge is 0.109 e. The summed E-state index contributed by atoms with van der Waals surface area (Å²) in [4.78, 5) is 6.88. The van der Waals surface area contributed by atoms with Gasteiger partial charge in [-0.3, -0.25) is 4.90 Å². The third-order valence-corrected chi connectivity index (χ3v) is 4.12. The molecule has 0 amide bonds. The van der Waals surface area contributed by atoms with E-state index in [4.69, 9.17) is 5.73 Å². The molecule has 0 saturated carbocycles. The topological polar surface area (TPSA) is 42.1 Å². The summed E-state index contributed by atoms with van der Waals surface area (Å²) >= 11 is 1.66. The second kappa shape index (κ2) is 5.75. The Morgan fingerprint density at radius 3 is 2.44 bits per heavy atom. The lowest BCUT2D eigenvalue weighted by Gasteiger charge is -2.27. The second-order valence-electron chi connectivity index (χ2n) is 4.87. The van der Waals surface area contributed by atoms with E-state index in [1.165, 1.54) is 0 Å². The van der Waals surface area contributed by atoms with E-state index in [0.717, 1.165) is 17.2 Å². The van der Waals surface area contributed by atoms with Crippen molar-refractivity contribution in [1.29, 1.82) is 0 Å². The minimum atomic E-state index is 0.0478. The maximum absolute atomic E-state index is 5.80. The molecular weight excluding hydrogens is 218 g/mol. The molecule has 2 atom stereocenters. The van der Waals surface area contributed by atoms with Crippen molar-refractivity contribution in [3.63, 3.8) is 0 Å². The van der Waals surface area contributed by atoms with E-state index in [0.29, 0.717) is 12.0 Å². The van der Waals surface area contributed by atoms with Crippen molar-refractivity contribution in [2.24, 2.45) is 11.7 Å². The highest BCUT2D eigenvalue weighted by atomic mass is 32.1. The summed E-state index contributed by atoms with van der Waals surface area (Å²) in [5.74, 6) is 0.663. The summed E-state index contributed by atoms with van der Waals surface area (Å²) in [6.07, 6.45) is 0. The summed E-state index contributed by atoms with van der Waals surface area (Å²) in [6.45, 7) is 9.63. The summed E-state index contributed by atoms with van der Waals surface area (Å²) in [7, 11) is 2.15. The molecule has 0 saturated heterocycles. The summed E-state index contributed by atoms with van der Waals surface area (Å²) in [5, 5.41) is 3.14. The molecule has 1 rings (SSSR count). The Morgan fingerprint density at radius 1 is 1.38 bits per heavy atom. The molecule has 0 aliphatic heterocycles. The van der Waals surface area contributed by atoms with Gasteiger partial charge < -0.3 is 5.73 Å². The SMILES string of the molecule is CC(N)c1nc(CN(C)C(C)C(C)C)cs1. The molecule has 0 spiro atoms. The van der Waals surface area contributed by atoms with Crippen molar-refractivity contribution < 1.29 is 0 Å². The Labute approximate surface area is 103 Å². The van der Waals surface area contributed by atoms with Gasteiger partial charge in [-0.25, -0.2) is 4.98 Å². The van der Waals surface area contributed by atoms with Crippen molar-refractivity contribution in [2.45, 2.75) is 46.3 Å². The van der Waals surface area contributed by atoms with Gasteiger partial charge in [0.05, 0.1) is 11.7 Å². The first-order chi connectivity index (χ1) is 7.41. The first-order valence-corrected chi connectivity index (χ1v) is 6.70. The Morgan fingerprint density at radius 2 is 2.00 bits per heavy atom. The number of hydrogen-bond acceptors (Lipinski definition) is 4. The van der Waals surface area contributed by atoms with E-state index in [-0.39, 0.29) is 6.04 Å². The van der Waals surface area contributed by atoms with Crippen LogP contribution in [0, 0.1) is 5.92 Å². The van der Waals surface area contributed by atoms with Crippen LogP contribution in [0.15, 0.2) is 5.38 Å². The van der Waals surface area contributed by atoms with Gasteiger partial charge in [0.2, 0.25) is 0 Å².